The highest BCUT2D eigenvalue weighted by atomic mass is 35.5. The summed E-state index contributed by atoms with van der Waals surface area (Å²) in [5, 5.41) is 3.88. The fraction of sp³-hybridized carbons (Fsp3) is 0.583. The lowest BCUT2D eigenvalue weighted by molar-refractivity contribution is 0.217. The lowest BCUT2D eigenvalue weighted by Crippen LogP contribution is -2.35. The molecule has 1 atom stereocenters. The lowest BCUT2D eigenvalue weighted by Gasteiger charge is -2.29. The summed E-state index contributed by atoms with van der Waals surface area (Å²) in [7, 11) is 2.17. The quantitative estimate of drug-likeness (QED) is 0.867. The van der Waals surface area contributed by atoms with E-state index < -0.39 is 0 Å². The van der Waals surface area contributed by atoms with E-state index in [0.717, 1.165) is 18.9 Å². The number of rotatable bonds is 3. The molecule has 1 aromatic rings. The Morgan fingerprint density at radius 1 is 1.65 bits per heavy atom. The molecule has 1 fully saturated rings. The van der Waals surface area contributed by atoms with Crippen LogP contribution in [0.3, 0.4) is 0 Å². The number of halogens is 1. The standard InChI is InChI=1S/C12H19ClN4/c1-17-4-2-3-9(8-17)6-15-12-11(14)5-10(13)7-16-12/h5,7,9H,2-4,6,8,14H2,1H3,(H,15,16). The van der Waals surface area contributed by atoms with Crippen molar-refractivity contribution in [1.82, 2.24) is 9.88 Å². The lowest BCUT2D eigenvalue weighted by atomic mass is 9.98. The minimum absolute atomic E-state index is 0.574. The van der Waals surface area contributed by atoms with Crippen molar-refractivity contribution >= 4 is 23.1 Å². The molecule has 1 aliphatic heterocycles. The highest BCUT2D eigenvalue weighted by Gasteiger charge is 2.17. The summed E-state index contributed by atoms with van der Waals surface area (Å²) < 4.78 is 0. The van der Waals surface area contributed by atoms with E-state index in [2.05, 4.69) is 22.2 Å². The van der Waals surface area contributed by atoms with E-state index in [9.17, 15) is 0 Å². The van der Waals surface area contributed by atoms with Gasteiger partial charge in [0.05, 0.1) is 10.7 Å². The van der Waals surface area contributed by atoms with Crippen molar-refractivity contribution in [3.63, 3.8) is 0 Å². The molecule has 1 aliphatic rings. The van der Waals surface area contributed by atoms with Crippen LogP contribution in [0.15, 0.2) is 12.3 Å². The number of hydrogen-bond acceptors (Lipinski definition) is 4. The second-order valence-electron chi connectivity index (χ2n) is 4.74. The van der Waals surface area contributed by atoms with Crippen molar-refractivity contribution in [3.05, 3.63) is 17.3 Å². The zero-order valence-electron chi connectivity index (χ0n) is 10.1. The molecule has 0 aromatic carbocycles. The van der Waals surface area contributed by atoms with Gasteiger partial charge in [0.15, 0.2) is 0 Å². The van der Waals surface area contributed by atoms with Crippen LogP contribution < -0.4 is 11.1 Å². The highest BCUT2D eigenvalue weighted by Crippen LogP contribution is 2.21. The van der Waals surface area contributed by atoms with Crippen LogP contribution in [0.4, 0.5) is 11.5 Å². The van der Waals surface area contributed by atoms with E-state index in [-0.39, 0.29) is 0 Å². The first-order valence-corrected chi connectivity index (χ1v) is 6.36. The molecule has 17 heavy (non-hydrogen) atoms. The fourth-order valence-corrected chi connectivity index (χ4v) is 2.45. The molecular weight excluding hydrogens is 236 g/mol. The zero-order valence-corrected chi connectivity index (χ0v) is 10.9. The van der Waals surface area contributed by atoms with Crippen molar-refractivity contribution in [2.45, 2.75) is 12.8 Å². The molecule has 94 valence electrons. The maximum atomic E-state index is 5.84. The first-order chi connectivity index (χ1) is 8.15. The monoisotopic (exact) mass is 254 g/mol. The van der Waals surface area contributed by atoms with Gasteiger partial charge in [0, 0.05) is 19.3 Å². The number of likely N-dealkylation sites (tertiary alicyclic amines) is 1. The van der Waals surface area contributed by atoms with Gasteiger partial charge >= 0.3 is 0 Å². The minimum atomic E-state index is 0.574. The number of pyridine rings is 1. The Bertz CT molecular complexity index is 383. The molecule has 4 nitrogen and oxygen atoms in total. The van der Waals surface area contributed by atoms with E-state index in [1.807, 2.05) is 0 Å². The molecule has 0 radical (unpaired) electrons. The van der Waals surface area contributed by atoms with E-state index in [0.29, 0.717) is 16.6 Å². The number of nitrogens with zero attached hydrogens (tertiary/aromatic N) is 2. The van der Waals surface area contributed by atoms with Gasteiger partial charge in [0.1, 0.15) is 5.82 Å². The maximum absolute atomic E-state index is 5.84. The van der Waals surface area contributed by atoms with Crippen LogP contribution in [0.25, 0.3) is 0 Å². The molecule has 1 unspecified atom stereocenters. The third-order valence-electron chi connectivity index (χ3n) is 3.16. The molecule has 3 N–H and O–H groups in total. The van der Waals surface area contributed by atoms with Crippen LogP contribution in [0.2, 0.25) is 5.02 Å². The topological polar surface area (TPSA) is 54.2 Å². The Labute approximate surface area is 107 Å². The second kappa shape index (κ2) is 5.56. The first-order valence-electron chi connectivity index (χ1n) is 5.98. The number of anilines is 2. The molecule has 1 aromatic heterocycles. The summed E-state index contributed by atoms with van der Waals surface area (Å²) in [5.74, 6) is 1.41. The molecule has 2 rings (SSSR count). The largest absolute Gasteiger partial charge is 0.396 e. The summed E-state index contributed by atoms with van der Waals surface area (Å²) in [5.41, 5.74) is 6.46. The average Bonchev–Trinajstić information content (AvgIpc) is 2.28. The van der Waals surface area contributed by atoms with E-state index in [1.165, 1.54) is 19.4 Å². The normalized spacial score (nSPS) is 21.4. The number of nitrogens with two attached hydrogens (primary N) is 1. The predicted molar refractivity (Wildman–Crippen MR) is 72.4 cm³/mol. The van der Waals surface area contributed by atoms with E-state index in [1.54, 1.807) is 12.3 Å². The van der Waals surface area contributed by atoms with Crippen molar-refractivity contribution < 1.29 is 0 Å². The number of hydrogen-bond donors (Lipinski definition) is 2. The summed E-state index contributed by atoms with van der Waals surface area (Å²) in [6, 6.07) is 1.73. The van der Waals surface area contributed by atoms with Gasteiger partial charge in [-0.2, -0.15) is 0 Å². The van der Waals surface area contributed by atoms with E-state index in [4.69, 9.17) is 17.3 Å². The molecule has 0 amide bonds. The van der Waals surface area contributed by atoms with Gasteiger partial charge in [-0.15, -0.1) is 0 Å². The van der Waals surface area contributed by atoms with Gasteiger partial charge in [-0.1, -0.05) is 11.6 Å². The SMILES string of the molecule is CN1CCCC(CNc2ncc(Cl)cc2N)C1. The Morgan fingerprint density at radius 2 is 2.47 bits per heavy atom. The fourth-order valence-electron chi connectivity index (χ4n) is 2.28. The van der Waals surface area contributed by atoms with Gasteiger partial charge in [0.2, 0.25) is 0 Å². The molecule has 2 heterocycles. The highest BCUT2D eigenvalue weighted by molar-refractivity contribution is 6.30. The van der Waals surface area contributed by atoms with Gasteiger partial charge < -0.3 is 16.0 Å². The van der Waals surface area contributed by atoms with Gasteiger partial charge in [-0.05, 0) is 38.4 Å². The molecule has 0 aliphatic carbocycles. The number of nitrogens with one attached hydrogen (secondary N) is 1. The molecule has 0 bridgehead atoms. The van der Waals surface area contributed by atoms with Crippen molar-refractivity contribution in [2.24, 2.45) is 5.92 Å². The third kappa shape index (κ3) is 3.48. The van der Waals surface area contributed by atoms with Crippen molar-refractivity contribution in [1.29, 1.82) is 0 Å². The molecule has 5 heteroatoms. The zero-order chi connectivity index (χ0) is 12.3. The van der Waals surface area contributed by atoms with Gasteiger partial charge in [-0.25, -0.2) is 4.98 Å². The number of aromatic nitrogens is 1. The van der Waals surface area contributed by atoms with Crippen LogP contribution in [0, 0.1) is 5.92 Å². The second-order valence-corrected chi connectivity index (χ2v) is 5.18. The minimum Gasteiger partial charge on any atom is -0.396 e. The molecule has 0 spiro atoms. The molecular formula is C12H19ClN4. The van der Waals surface area contributed by atoms with Crippen LogP contribution in [0.1, 0.15) is 12.8 Å². The van der Waals surface area contributed by atoms with Crippen molar-refractivity contribution in [3.8, 4) is 0 Å². The number of piperidine rings is 1. The Balaban J connectivity index is 1.88. The Morgan fingerprint density at radius 3 is 3.18 bits per heavy atom. The maximum Gasteiger partial charge on any atom is 0.149 e. The van der Waals surface area contributed by atoms with Gasteiger partial charge in [0.25, 0.3) is 0 Å². The summed E-state index contributed by atoms with van der Waals surface area (Å²) in [6.45, 7) is 3.27. The summed E-state index contributed by atoms with van der Waals surface area (Å²) in [6.07, 6.45) is 4.16. The summed E-state index contributed by atoms with van der Waals surface area (Å²) in [4.78, 5) is 6.57. The molecule has 1 saturated heterocycles. The Hall–Kier alpha value is -1.00. The van der Waals surface area contributed by atoms with Crippen LogP contribution >= 0.6 is 11.6 Å². The van der Waals surface area contributed by atoms with Crippen LogP contribution in [-0.2, 0) is 0 Å². The third-order valence-corrected chi connectivity index (χ3v) is 3.37. The van der Waals surface area contributed by atoms with E-state index >= 15 is 0 Å². The number of nitrogen functional groups attached to an aromatic ring is 1. The average molecular weight is 255 g/mol. The smallest absolute Gasteiger partial charge is 0.149 e. The van der Waals surface area contributed by atoms with Crippen molar-refractivity contribution in [2.75, 3.05) is 37.7 Å². The van der Waals surface area contributed by atoms with Crippen LogP contribution in [-0.4, -0.2) is 36.6 Å². The summed E-state index contributed by atoms with van der Waals surface area (Å²) >= 11 is 5.81. The Kier molecular flexibility index (Phi) is 4.07. The molecule has 0 saturated carbocycles. The van der Waals surface area contributed by atoms with Crippen LogP contribution in [0.5, 0.6) is 0 Å². The first kappa shape index (κ1) is 12.5. The van der Waals surface area contributed by atoms with Gasteiger partial charge in [-0.3, -0.25) is 0 Å². The predicted octanol–water partition coefficient (Wildman–Crippen LogP) is 2.07.